The average Bonchev–Trinajstić information content (AvgIpc) is 2.18. The zero-order valence-corrected chi connectivity index (χ0v) is 8.32. The van der Waals surface area contributed by atoms with Gasteiger partial charge in [-0.3, -0.25) is 10.2 Å². The summed E-state index contributed by atoms with van der Waals surface area (Å²) < 4.78 is 0. The number of hydrogen-bond acceptors (Lipinski definition) is 3. The van der Waals surface area contributed by atoms with E-state index in [0.717, 1.165) is 0 Å². The van der Waals surface area contributed by atoms with Gasteiger partial charge in [0.1, 0.15) is 11.9 Å². The van der Waals surface area contributed by atoms with Crippen LogP contribution in [0.5, 0.6) is 0 Å². The third-order valence-electron chi connectivity index (χ3n) is 1.93. The molecule has 0 aliphatic rings. The van der Waals surface area contributed by atoms with Crippen molar-refractivity contribution >= 4 is 17.5 Å². The van der Waals surface area contributed by atoms with Crippen LogP contribution in [0, 0.1) is 5.41 Å². The van der Waals surface area contributed by atoms with Gasteiger partial charge in [0, 0.05) is 11.3 Å². The van der Waals surface area contributed by atoms with Crippen molar-refractivity contribution in [3.05, 3.63) is 29.8 Å². The second kappa shape index (κ2) is 4.45. The first-order chi connectivity index (χ1) is 7.00. The van der Waals surface area contributed by atoms with Gasteiger partial charge in [0.2, 0.25) is 0 Å². The summed E-state index contributed by atoms with van der Waals surface area (Å²) in [5, 5.41) is 18.7. The lowest BCUT2D eigenvalue weighted by molar-refractivity contribution is -0.137. The number of carbonyl (C=O) groups is 1. The van der Waals surface area contributed by atoms with Crippen LogP contribution in [0.15, 0.2) is 24.3 Å². The zero-order valence-electron chi connectivity index (χ0n) is 8.32. The summed E-state index contributed by atoms with van der Waals surface area (Å²) in [6.45, 7) is 1.54. The molecule has 0 unspecified atom stereocenters. The molecule has 0 spiro atoms. The Labute approximate surface area is 87.4 Å². The maximum Gasteiger partial charge on any atom is 0.325 e. The van der Waals surface area contributed by atoms with Gasteiger partial charge in [0.25, 0.3) is 0 Å². The minimum atomic E-state index is -0.928. The van der Waals surface area contributed by atoms with Crippen molar-refractivity contribution in [2.75, 3.05) is 5.32 Å². The van der Waals surface area contributed by atoms with Crippen LogP contribution in [0.1, 0.15) is 12.5 Å². The predicted molar refractivity (Wildman–Crippen MR) is 58.2 cm³/mol. The molecule has 0 heterocycles. The van der Waals surface area contributed by atoms with Crippen LogP contribution in [0.25, 0.3) is 0 Å². The molecule has 5 nitrogen and oxygen atoms in total. The molecule has 0 radical (unpaired) electrons. The molecule has 80 valence electrons. The van der Waals surface area contributed by atoms with Crippen molar-refractivity contribution < 1.29 is 9.90 Å². The predicted octanol–water partition coefficient (Wildman–Crippen LogP) is 0.856. The summed E-state index contributed by atoms with van der Waals surface area (Å²) in [7, 11) is 0. The Morgan fingerprint density at radius 3 is 2.80 bits per heavy atom. The fourth-order valence-corrected chi connectivity index (χ4v) is 1.09. The Morgan fingerprint density at radius 1 is 1.60 bits per heavy atom. The van der Waals surface area contributed by atoms with E-state index in [1.54, 1.807) is 31.2 Å². The summed E-state index contributed by atoms with van der Waals surface area (Å²) in [5.41, 5.74) is 6.52. The second-order valence-corrected chi connectivity index (χ2v) is 3.20. The van der Waals surface area contributed by atoms with Crippen LogP contribution in [-0.4, -0.2) is 23.0 Å². The van der Waals surface area contributed by atoms with Crippen molar-refractivity contribution in [1.29, 1.82) is 5.41 Å². The van der Waals surface area contributed by atoms with E-state index < -0.39 is 12.0 Å². The molecule has 15 heavy (non-hydrogen) atoms. The van der Waals surface area contributed by atoms with Gasteiger partial charge < -0.3 is 16.2 Å². The normalized spacial score (nSPS) is 11.8. The van der Waals surface area contributed by atoms with Crippen LogP contribution in [-0.2, 0) is 4.79 Å². The smallest absolute Gasteiger partial charge is 0.325 e. The number of benzene rings is 1. The third-order valence-corrected chi connectivity index (χ3v) is 1.93. The van der Waals surface area contributed by atoms with Gasteiger partial charge in [0.05, 0.1) is 0 Å². The Morgan fingerprint density at radius 2 is 2.27 bits per heavy atom. The molecule has 1 rings (SSSR count). The summed E-state index contributed by atoms with van der Waals surface area (Å²) in [4.78, 5) is 10.6. The Bertz CT molecular complexity index is 390. The molecular weight excluding hydrogens is 194 g/mol. The Balaban J connectivity index is 2.82. The standard InChI is InChI=1S/C10H13N3O2/c1-6(10(14)15)13-8-4-2-3-7(5-8)9(11)12/h2-6,13H,1H3,(H3,11,12)(H,14,15)/t6-/m0/s1. The van der Waals surface area contributed by atoms with Crippen LogP contribution < -0.4 is 11.1 Å². The lowest BCUT2D eigenvalue weighted by Gasteiger charge is -2.11. The van der Waals surface area contributed by atoms with E-state index in [2.05, 4.69) is 5.32 Å². The van der Waals surface area contributed by atoms with Crippen LogP contribution >= 0.6 is 0 Å². The Kier molecular flexibility index (Phi) is 3.28. The molecule has 5 heteroatoms. The van der Waals surface area contributed by atoms with Crippen molar-refractivity contribution in [2.45, 2.75) is 13.0 Å². The molecule has 0 bridgehead atoms. The van der Waals surface area contributed by atoms with E-state index in [0.29, 0.717) is 11.3 Å². The van der Waals surface area contributed by atoms with Crippen molar-refractivity contribution in [2.24, 2.45) is 5.73 Å². The van der Waals surface area contributed by atoms with Crippen molar-refractivity contribution in [1.82, 2.24) is 0 Å². The van der Waals surface area contributed by atoms with Crippen molar-refractivity contribution in [3.8, 4) is 0 Å². The van der Waals surface area contributed by atoms with Crippen molar-refractivity contribution in [3.63, 3.8) is 0 Å². The summed E-state index contributed by atoms with van der Waals surface area (Å²) >= 11 is 0. The molecule has 0 saturated carbocycles. The molecule has 0 aliphatic carbocycles. The highest BCUT2D eigenvalue weighted by Gasteiger charge is 2.10. The lowest BCUT2D eigenvalue weighted by Crippen LogP contribution is -2.25. The summed E-state index contributed by atoms with van der Waals surface area (Å²) in [5.74, 6) is -0.968. The molecule has 0 aromatic heterocycles. The van der Waals surface area contributed by atoms with Crippen LogP contribution in [0.3, 0.4) is 0 Å². The van der Waals surface area contributed by atoms with E-state index >= 15 is 0 Å². The molecule has 1 aromatic rings. The number of hydrogen-bond donors (Lipinski definition) is 4. The number of rotatable bonds is 4. The maximum atomic E-state index is 10.6. The monoisotopic (exact) mass is 207 g/mol. The highest BCUT2D eigenvalue weighted by Crippen LogP contribution is 2.11. The quantitative estimate of drug-likeness (QED) is 0.434. The molecule has 0 fully saturated rings. The van der Waals surface area contributed by atoms with Gasteiger partial charge in [0.15, 0.2) is 0 Å². The van der Waals surface area contributed by atoms with Gasteiger partial charge in [-0.15, -0.1) is 0 Å². The summed E-state index contributed by atoms with van der Waals surface area (Å²) in [6, 6.07) is 6.10. The molecule has 0 aliphatic heterocycles. The highest BCUT2D eigenvalue weighted by molar-refractivity contribution is 5.95. The van der Waals surface area contributed by atoms with E-state index in [-0.39, 0.29) is 5.84 Å². The van der Waals surface area contributed by atoms with E-state index in [1.165, 1.54) is 0 Å². The number of amidine groups is 1. The zero-order chi connectivity index (χ0) is 11.4. The van der Waals surface area contributed by atoms with E-state index in [4.69, 9.17) is 16.2 Å². The number of nitrogens with two attached hydrogens (primary N) is 1. The van der Waals surface area contributed by atoms with E-state index in [1.807, 2.05) is 0 Å². The van der Waals surface area contributed by atoms with E-state index in [9.17, 15) is 4.79 Å². The molecule has 1 aromatic carbocycles. The van der Waals surface area contributed by atoms with Gasteiger partial charge in [-0.1, -0.05) is 12.1 Å². The topological polar surface area (TPSA) is 99.2 Å². The minimum absolute atomic E-state index is 0.0402. The number of carboxylic acid groups (broad SMARTS) is 1. The fraction of sp³-hybridized carbons (Fsp3) is 0.200. The maximum absolute atomic E-state index is 10.6. The SMILES string of the molecule is C[C@H](Nc1cccc(C(=N)N)c1)C(=O)O. The lowest BCUT2D eigenvalue weighted by atomic mass is 10.2. The van der Waals surface area contributed by atoms with Gasteiger partial charge in [-0.25, -0.2) is 0 Å². The molecule has 5 N–H and O–H groups in total. The number of nitrogens with one attached hydrogen (secondary N) is 2. The highest BCUT2D eigenvalue weighted by atomic mass is 16.4. The van der Waals surface area contributed by atoms with Gasteiger partial charge >= 0.3 is 5.97 Å². The first-order valence-corrected chi connectivity index (χ1v) is 4.44. The van der Waals surface area contributed by atoms with Gasteiger partial charge in [-0.05, 0) is 19.1 Å². The molecule has 0 amide bonds. The second-order valence-electron chi connectivity index (χ2n) is 3.20. The first-order valence-electron chi connectivity index (χ1n) is 4.44. The third kappa shape index (κ3) is 2.98. The van der Waals surface area contributed by atoms with Gasteiger partial charge in [-0.2, -0.15) is 0 Å². The van der Waals surface area contributed by atoms with Crippen LogP contribution in [0.4, 0.5) is 5.69 Å². The Hall–Kier alpha value is -2.04. The minimum Gasteiger partial charge on any atom is -0.480 e. The fourth-order valence-electron chi connectivity index (χ4n) is 1.09. The van der Waals surface area contributed by atoms with Crippen LogP contribution in [0.2, 0.25) is 0 Å². The average molecular weight is 207 g/mol. The molecule has 0 saturated heterocycles. The summed E-state index contributed by atoms with van der Waals surface area (Å²) in [6.07, 6.45) is 0. The first kappa shape index (κ1) is 11.0. The largest absolute Gasteiger partial charge is 0.480 e. The number of carboxylic acids is 1. The number of nitrogen functional groups attached to an aromatic ring is 1. The number of anilines is 1. The molecular formula is C10H13N3O2. The number of aliphatic carboxylic acids is 1. The molecule has 1 atom stereocenters.